The topological polar surface area (TPSA) is 58.6 Å². The predicted molar refractivity (Wildman–Crippen MR) is 124 cm³/mol. The van der Waals surface area contributed by atoms with Crippen LogP contribution in [0.5, 0.6) is 5.75 Å². The number of halogens is 1. The molecule has 3 rings (SSSR count). The molecular formula is C25H25ClN2O3. The molecule has 0 aliphatic rings. The van der Waals surface area contributed by atoms with Gasteiger partial charge in [-0.3, -0.25) is 9.59 Å². The van der Waals surface area contributed by atoms with Crippen molar-refractivity contribution < 1.29 is 14.3 Å². The number of hydrogen-bond donors (Lipinski definition) is 1. The highest BCUT2D eigenvalue weighted by Crippen LogP contribution is 2.22. The lowest BCUT2D eigenvalue weighted by Crippen LogP contribution is -2.34. The second-order valence-corrected chi connectivity index (χ2v) is 7.57. The van der Waals surface area contributed by atoms with Crippen molar-refractivity contribution in [2.45, 2.75) is 13.3 Å². The van der Waals surface area contributed by atoms with E-state index >= 15 is 0 Å². The fourth-order valence-corrected chi connectivity index (χ4v) is 3.22. The van der Waals surface area contributed by atoms with Crippen LogP contribution in [-0.4, -0.2) is 32.0 Å². The molecule has 3 aromatic rings. The number of anilines is 1. The van der Waals surface area contributed by atoms with Crippen LogP contribution in [0.3, 0.4) is 0 Å². The fraction of sp³-hybridized carbons (Fsp3) is 0.200. The molecule has 0 saturated heterocycles. The zero-order valence-electron chi connectivity index (χ0n) is 17.6. The molecule has 1 N–H and O–H groups in total. The van der Waals surface area contributed by atoms with Gasteiger partial charge in [0.25, 0.3) is 11.8 Å². The molecule has 0 heterocycles. The summed E-state index contributed by atoms with van der Waals surface area (Å²) in [5.74, 6) is 0.0770. The number of likely N-dealkylation sites (N-methyl/N-ethyl adjacent to an activating group) is 1. The van der Waals surface area contributed by atoms with Gasteiger partial charge in [-0.05, 0) is 54.8 Å². The molecule has 2 amide bonds. The Morgan fingerprint density at radius 3 is 2.45 bits per heavy atom. The van der Waals surface area contributed by atoms with E-state index in [9.17, 15) is 9.59 Å². The quantitative estimate of drug-likeness (QED) is 0.558. The normalized spacial score (nSPS) is 10.4. The lowest BCUT2D eigenvalue weighted by Gasteiger charge is -2.20. The Kier molecular flexibility index (Phi) is 7.68. The number of nitrogens with one attached hydrogen (secondary N) is 1. The van der Waals surface area contributed by atoms with Gasteiger partial charge in [0.05, 0.1) is 11.3 Å². The van der Waals surface area contributed by atoms with Gasteiger partial charge >= 0.3 is 0 Å². The van der Waals surface area contributed by atoms with E-state index in [2.05, 4.69) is 5.32 Å². The summed E-state index contributed by atoms with van der Waals surface area (Å²) in [6.45, 7) is 2.23. The maximum absolute atomic E-state index is 12.7. The summed E-state index contributed by atoms with van der Waals surface area (Å²) in [6.07, 6.45) is 0.734. The molecule has 0 unspecified atom stereocenters. The van der Waals surface area contributed by atoms with Crippen molar-refractivity contribution in [3.05, 3.63) is 94.5 Å². The van der Waals surface area contributed by atoms with Gasteiger partial charge in [-0.25, -0.2) is 0 Å². The number of hydrogen-bond acceptors (Lipinski definition) is 3. The Bertz CT molecular complexity index is 1050. The van der Waals surface area contributed by atoms with E-state index in [-0.39, 0.29) is 18.4 Å². The molecule has 3 aromatic carbocycles. The van der Waals surface area contributed by atoms with Crippen LogP contribution in [0.4, 0.5) is 5.69 Å². The number of carbonyl (C=O) groups is 2. The standard InChI is InChI=1S/C25H25ClN2O3/c1-18-16-20(12-13-22(18)26)31-17-24(29)28(2)23-11-7-6-10-21(23)25(30)27-15-14-19-8-4-3-5-9-19/h3-13,16H,14-15,17H2,1-2H3,(H,27,30). The first kappa shape index (κ1) is 22.4. The van der Waals surface area contributed by atoms with Crippen LogP contribution in [0.15, 0.2) is 72.8 Å². The van der Waals surface area contributed by atoms with E-state index in [1.807, 2.05) is 37.3 Å². The van der Waals surface area contributed by atoms with E-state index in [0.29, 0.717) is 28.6 Å². The molecule has 0 aliphatic heterocycles. The first-order valence-corrected chi connectivity index (χ1v) is 10.4. The van der Waals surface area contributed by atoms with Gasteiger partial charge in [-0.1, -0.05) is 54.1 Å². The summed E-state index contributed by atoms with van der Waals surface area (Å²) >= 11 is 6.02. The van der Waals surface area contributed by atoms with Gasteiger partial charge < -0.3 is 15.0 Å². The zero-order chi connectivity index (χ0) is 22.2. The molecule has 0 radical (unpaired) electrons. The highest BCUT2D eigenvalue weighted by Gasteiger charge is 2.18. The molecule has 0 fully saturated rings. The van der Waals surface area contributed by atoms with Crippen molar-refractivity contribution in [2.75, 3.05) is 25.1 Å². The van der Waals surface area contributed by atoms with Crippen LogP contribution in [0.1, 0.15) is 21.5 Å². The number of amides is 2. The predicted octanol–water partition coefficient (Wildman–Crippen LogP) is 4.66. The molecule has 6 heteroatoms. The van der Waals surface area contributed by atoms with Crippen LogP contribution in [0.25, 0.3) is 0 Å². The third-order valence-corrected chi connectivity index (χ3v) is 5.34. The number of rotatable bonds is 8. The van der Waals surface area contributed by atoms with Gasteiger partial charge in [0.1, 0.15) is 5.75 Å². The largest absolute Gasteiger partial charge is 0.484 e. The summed E-state index contributed by atoms with van der Waals surface area (Å²) in [6, 6.07) is 22.2. The molecule has 31 heavy (non-hydrogen) atoms. The number of benzene rings is 3. The Hall–Kier alpha value is -3.31. The van der Waals surface area contributed by atoms with E-state index in [4.69, 9.17) is 16.3 Å². The molecule has 160 valence electrons. The average Bonchev–Trinajstić information content (AvgIpc) is 2.79. The third-order valence-electron chi connectivity index (χ3n) is 4.92. The minimum atomic E-state index is -0.267. The second kappa shape index (κ2) is 10.6. The third kappa shape index (κ3) is 6.09. The lowest BCUT2D eigenvalue weighted by molar-refractivity contribution is -0.120. The van der Waals surface area contributed by atoms with Gasteiger partial charge in [-0.2, -0.15) is 0 Å². The first-order valence-electron chi connectivity index (χ1n) is 10.0. The van der Waals surface area contributed by atoms with Crippen LogP contribution in [0.2, 0.25) is 5.02 Å². The first-order chi connectivity index (χ1) is 15.0. The molecule has 0 spiro atoms. The number of ether oxygens (including phenoxy) is 1. The van der Waals surface area contributed by atoms with Gasteiger partial charge in [0.15, 0.2) is 6.61 Å². The van der Waals surface area contributed by atoms with Crippen molar-refractivity contribution in [3.8, 4) is 5.75 Å². The van der Waals surface area contributed by atoms with Crippen molar-refractivity contribution in [1.29, 1.82) is 0 Å². The zero-order valence-corrected chi connectivity index (χ0v) is 18.4. The van der Waals surface area contributed by atoms with Crippen molar-refractivity contribution in [2.24, 2.45) is 0 Å². The smallest absolute Gasteiger partial charge is 0.264 e. The highest BCUT2D eigenvalue weighted by molar-refractivity contribution is 6.31. The lowest BCUT2D eigenvalue weighted by atomic mass is 10.1. The summed E-state index contributed by atoms with van der Waals surface area (Å²) in [4.78, 5) is 26.9. The summed E-state index contributed by atoms with van der Waals surface area (Å²) in [5.41, 5.74) is 2.99. The van der Waals surface area contributed by atoms with E-state index in [1.54, 1.807) is 49.5 Å². The van der Waals surface area contributed by atoms with Crippen LogP contribution in [-0.2, 0) is 11.2 Å². The van der Waals surface area contributed by atoms with Crippen molar-refractivity contribution >= 4 is 29.1 Å². The monoisotopic (exact) mass is 436 g/mol. The minimum absolute atomic E-state index is 0.151. The Balaban J connectivity index is 1.61. The Morgan fingerprint density at radius 1 is 1.00 bits per heavy atom. The SMILES string of the molecule is Cc1cc(OCC(=O)N(C)c2ccccc2C(=O)NCCc2ccccc2)ccc1Cl. The maximum Gasteiger partial charge on any atom is 0.264 e. The van der Waals surface area contributed by atoms with Crippen molar-refractivity contribution in [1.82, 2.24) is 5.32 Å². The summed E-state index contributed by atoms with van der Waals surface area (Å²) in [7, 11) is 1.63. The van der Waals surface area contributed by atoms with Crippen LogP contribution >= 0.6 is 11.6 Å². The van der Waals surface area contributed by atoms with Gasteiger partial charge in [-0.15, -0.1) is 0 Å². The number of aryl methyl sites for hydroxylation is 1. The Labute approximate surface area is 187 Å². The van der Waals surface area contributed by atoms with Gasteiger partial charge in [0, 0.05) is 18.6 Å². The number of carbonyl (C=O) groups excluding carboxylic acids is 2. The molecular weight excluding hydrogens is 412 g/mol. The highest BCUT2D eigenvalue weighted by atomic mass is 35.5. The molecule has 0 saturated carbocycles. The minimum Gasteiger partial charge on any atom is -0.484 e. The number of nitrogens with zero attached hydrogens (tertiary/aromatic N) is 1. The van der Waals surface area contributed by atoms with Crippen LogP contribution < -0.4 is 15.0 Å². The van der Waals surface area contributed by atoms with E-state index < -0.39 is 0 Å². The molecule has 0 aromatic heterocycles. The summed E-state index contributed by atoms with van der Waals surface area (Å²) < 4.78 is 5.61. The van der Waals surface area contributed by atoms with Crippen LogP contribution in [0, 0.1) is 6.92 Å². The fourth-order valence-electron chi connectivity index (χ4n) is 3.10. The molecule has 0 aliphatic carbocycles. The van der Waals surface area contributed by atoms with E-state index in [0.717, 1.165) is 17.5 Å². The van der Waals surface area contributed by atoms with E-state index in [1.165, 1.54) is 4.90 Å². The maximum atomic E-state index is 12.7. The summed E-state index contributed by atoms with van der Waals surface area (Å²) in [5, 5.41) is 3.57. The second-order valence-electron chi connectivity index (χ2n) is 7.16. The Morgan fingerprint density at radius 2 is 1.71 bits per heavy atom. The van der Waals surface area contributed by atoms with Crippen molar-refractivity contribution in [3.63, 3.8) is 0 Å². The van der Waals surface area contributed by atoms with Gasteiger partial charge in [0.2, 0.25) is 0 Å². The molecule has 0 atom stereocenters. The molecule has 5 nitrogen and oxygen atoms in total. The molecule has 0 bridgehead atoms. The number of para-hydroxylation sites is 1. The average molecular weight is 437 g/mol.